The molecule has 0 unspecified atom stereocenters. The summed E-state index contributed by atoms with van der Waals surface area (Å²) in [5.74, 6) is 0.165. The van der Waals surface area contributed by atoms with E-state index in [9.17, 15) is 15.0 Å². The Morgan fingerprint density at radius 3 is 2.81 bits per heavy atom. The number of hydrogen-bond donors (Lipinski definition) is 3. The van der Waals surface area contributed by atoms with Crippen LogP contribution in [-0.4, -0.2) is 49.5 Å². The maximum atomic E-state index is 12.5. The second-order valence-corrected chi connectivity index (χ2v) is 6.58. The first-order chi connectivity index (χ1) is 13.1. The third-order valence-corrected chi connectivity index (χ3v) is 4.76. The van der Waals surface area contributed by atoms with E-state index in [1.54, 1.807) is 24.3 Å². The Balaban J connectivity index is 1.68. The van der Waals surface area contributed by atoms with Crippen molar-refractivity contribution in [3.63, 3.8) is 0 Å². The fourth-order valence-corrected chi connectivity index (χ4v) is 3.40. The number of ether oxygens (including phenoxy) is 1. The lowest BCUT2D eigenvalue weighted by atomic mass is 10.2. The van der Waals surface area contributed by atoms with Gasteiger partial charge in [-0.15, -0.1) is 0 Å². The lowest BCUT2D eigenvalue weighted by molar-refractivity contribution is -0.0430. The van der Waals surface area contributed by atoms with Crippen LogP contribution in [-0.2, 0) is 4.74 Å². The molecule has 1 aliphatic rings. The number of aromatic nitrogens is 3. The molecule has 4 rings (SSSR count). The van der Waals surface area contributed by atoms with Crippen molar-refractivity contribution in [3.8, 4) is 0 Å². The minimum atomic E-state index is -0.739. The number of benzene rings is 1. The molecule has 3 aromatic rings. The van der Waals surface area contributed by atoms with Crippen molar-refractivity contribution < 1.29 is 19.7 Å². The van der Waals surface area contributed by atoms with E-state index in [-0.39, 0.29) is 12.5 Å². The molecule has 1 fully saturated rings. The van der Waals surface area contributed by atoms with Gasteiger partial charge in [-0.3, -0.25) is 4.79 Å². The van der Waals surface area contributed by atoms with Gasteiger partial charge in [0, 0.05) is 18.2 Å². The fraction of sp³-hybridized carbons (Fsp3) is 0.316. The minimum absolute atomic E-state index is 0.247. The van der Waals surface area contributed by atoms with Gasteiger partial charge in [-0.1, -0.05) is 18.2 Å². The van der Waals surface area contributed by atoms with Crippen molar-refractivity contribution in [1.29, 1.82) is 0 Å². The maximum absolute atomic E-state index is 12.5. The summed E-state index contributed by atoms with van der Waals surface area (Å²) in [7, 11) is 0. The molecule has 27 heavy (non-hydrogen) atoms. The lowest BCUT2D eigenvalue weighted by Gasteiger charge is -2.14. The molecular weight excluding hydrogens is 348 g/mol. The van der Waals surface area contributed by atoms with Crippen LogP contribution in [0.4, 0.5) is 5.82 Å². The predicted octanol–water partition coefficient (Wildman–Crippen LogP) is 1.63. The highest BCUT2D eigenvalue weighted by atomic mass is 16.5. The summed E-state index contributed by atoms with van der Waals surface area (Å²) in [6.45, 7) is 1.65. The van der Waals surface area contributed by atoms with Crippen LogP contribution < -0.4 is 5.32 Å². The van der Waals surface area contributed by atoms with Crippen molar-refractivity contribution in [2.45, 2.75) is 31.8 Å². The maximum Gasteiger partial charge on any atom is 0.256 e. The molecular formula is C19H20N4O4. The molecule has 0 aliphatic carbocycles. The monoisotopic (exact) mass is 368 g/mol. The summed E-state index contributed by atoms with van der Waals surface area (Å²) >= 11 is 0. The number of carbonyl (C=O) groups is 1. The Kier molecular flexibility index (Phi) is 4.61. The van der Waals surface area contributed by atoms with Crippen molar-refractivity contribution in [2.75, 3.05) is 11.9 Å². The molecule has 0 radical (unpaired) electrons. The first kappa shape index (κ1) is 17.6. The second kappa shape index (κ2) is 7.07. The highest BCUT2D eigenvalue weighted by Crippen LogP contribution is 2.34. The van der Waals surface area contributed by atoms with Gasteiger partial charge < -0.3 is 24.8 Å². The Bertz CT molecular complexity index is 973. The van der Waals surface area contributed by atoms with Crippen LogP contribution in [0.15, 0.2) is 42.9 Å². The molecule has 1 saturated heterocycles. The van der Waals surface area contributed by atoms with Crippen LogP contribution in [0.2, 0.25) is 0 Å². The first-order valence-corrected chi connectivity index (χ1v) is 8.71. The molecule has 1 aliphatic heterocycles. The van der Waals surface area contributed by atoms with E-state index < -0.39 is 18.4 Å². The molecule has 8 nitrogen and oxygen atoms in total. The molecule has 3 atom stereocenters. The van der Waals surface area contributed by atoms with Crippen LogP contribution in [0.1, 0.15) is 28.6 Å². The third kappa shape index (κ3) is 3.18. The summed E-state index contributed by atoms with van der Waals surface area (Å²) in [6.07, 6.45) is 1.79. The zero-order chi connectivity index (χ0) is 19.0. The Labute approximate surface area is 155 Å². The Hall–Kier alpha value is -2.81. The Morgan fingerprint density at radius 2 is 2.11 bits per heavy atom. The van der Waals surface area contributed by atoms with Crippen LogP contribution in [0.25, 0.3) is 11.0 Å². The number of nitrogens with zero attached hydrogens (tertiary/aromatic N) is 3. The van der Waals surface area contributed by atoms with Gasteiger partial charge >= 0.3 is 0 Å². The van der Waals surface area contributed by atoms with E-state index >= 15 is 0 Å². The number of nitrogens with one attached hydrogen (secondary N) is 1. The van der Waals surface area contributed by atoms with Gasteiger partial charge in [0.15, 0.2) is 0 Å². The number of aliphatic hydroxyl groups is 2. The minimum Gasteiger partial charge on any atom is -0.394 e. The van der Waals surface area contributed by atoms with Crippen LogP contribution in [0, 0.1) is 6.92 Å². The molecule has 3 N–H and O–H groups in total. The standard InChI is InChI=1S/C19H20N4O4/c1-11-8-23(15-7-13(25)14(9-24)27-15)18-16(11)17(20-10-21-18)22-19(26)12-5-3-2-4-6-12/h2-6,8,10,13-15,24-25H,7,9H2,1H3,(H,20,21,22,26)/t13-,14+,15-/m0/s1. The number of fused-ring (bicyclic) bond motifs is 1. The van der Waals surface area contributed by atoms with Gasteiger partial charge in [0.05, 0.1) is 18.1 Å². The van der Waals surface area contributed by atoms with Gasteiger partial charge in [0.25, 0.3) is 5.91 Å². The largest absolute Gasteiger partial charge is 0.394 e. The van der Waals surface area contributed by atoms with Crippen LogP contribution in [0.5, 0.6) is 0 Å². The lowest BCUT2D eigenvalue weighted by Crippen LogP contribution is -2.24. The summed E-state index contributed by atoms with van der Waals surface area (Å²) < 4.78 is 7.54. The van der Waals surface area contributed by atoms with E-state index in [1.165, 1.54) is 6.33 Å². The highest BCUT2D eigenvalue weighted by Gasteiger charge is 2.35. The summed E-state index contributed by atoms with van der Waals surface area (Å²) in [5.41, 5.74) is 2.01. The number of carbonyl (C=O) groups excluding carboxylic acids is 1. The predicted molar refractivity (Wildman–Crippen MR) is 98.3 cm³/mol. The topological polar surface area (TPSA) is 110 Å². The van der Waals surface area contributed by atoms with E-state index in [0.717, 1.165) is 5.56 Å². The molecule has 140 valence electrons. The molecule has 1 amide bonds. The Morgan fingerprint density at radius 1 is 1.33 bits per heavy atom. The van der Waals surface area contributed by atoms with Crippen LogP contribution in [0.3, 0.4) is 0 Å². The fourth-order valence-electron chi connectivity index (χ4n) is 3.40. The summed E-state index contributed by atoms with van der Waals surface area (Å²) in [5, 5.41) is 22.9. The van der Waals surface area contributed by atoms with E-state index in [4.69, 9.17) is 4.74 Å². The normalized spacial score (nSPS) is 22.3. The van der Waals surface area contributed by atoms with Crippen molar-refractivity contribution in [2.24, 2.45) is 0 Å². The third-order valence-electron chi connectivity index (χ3n) is 4.76. The van der Waals surface area contributed by atoms with Gasteiger partial charge in [0.1, 0.15) is 30.1 Å². The molecule has 0 bridgehead atoms. The molecule has 2 aromatic heterocycles. The first-order valence-electron chi connectivity index (χ1n) is 8.71. The number of rotatable bonds is 4. The number of anilines is 1. The number of aryl methyl sites for hydroxylation is 1. The van der Waals surface area contributed by atoms with Crippen molar-refractivity contribution in [1.82, 2.24) is 14.5 Å². The van der Waals surface area contributed by atoms with E-state index in [2.05, 4.69) is 15.3 Å². The summed E-state index contributed by atoms with van der Waals surface area (Å²) in [6, 6.07) is 8.90. The van der Waals surface area contributed by atoms with Gasteiger partial charge in [-0.25, -0.2) is 9.97 Å². The van der Waals surface area contributed by atoms with Crippen molar-refractivity contribution >= 4 is 22.8 Å². The second-order valence-electron chi connectivity index (χ2n) is 6.58. The quantitative estimate of drug-likeness (QED) is 0.646. The SMILES string of the molecule is Cc1cn([C@@H]2C[C@H](O)[C@@H](CO)O2)c2ncnc(NC(=O)c3ccccc3)c12. The summed E-state index contributed by atoms with van der Waals surface area (Å²) in [4.78, 5) is 21.1. The zero-order valence-corrected chi connectivity index (χ0v) is 14.7. The highest BCUT2D eigenvalue weighted by molar-refractivity contribution is 6.07. The van der Waals surface area contributed by atoms with Gasteiger partial charge in [-0.2, -0.15) is 0 Å². The average molecular weight is 368 g/mol. The molecule has 0 spiro atoms. The molecule has 3 heterocycles. The molecule has 1 aromatic carbocycles. The van der Waals surface area contributed by atoms with Crippen molar-refractivity contribution in [3.05, 3.63) is 54.0 Å². The zero-order valence-electron chi connectivity index (χ0n) is 14.7. The number of aliphatic hydroxyl groups excluding tert-OH is 2. The van der Waals surface area contributed by atoms with Gasteiger partial charge in [0.2, 0.25) is 0 Å². The molecule has 8 heteroatoms. The number of amides is 1. The average Bonchev–Trinajstić information content (AvgIpc) is 3.23. The number of hydrogen-bond acceptors (Lipinski definition) is 6. The van der Waals surface area contributed by atoms with Crippen LogP contribution >= 0.6 is 0 Å². The van der Waals surface area contributed by atoms with E-state index in [0.29, 0.717) is 28.8 Å². The molecule has 0 saturated carbocycles. The van der Waals surface area contributed by atoms with Gasteiger partial charge in [-0.05, 0) is 24.6 Å². The van der Waals surface area contributed by atoms with E-state index in [1.807, 2.05) is 23.8 Å². The smallest absolute Gasteiger partial charge is 0.256 e.